The van der Waals surface area contributed by atoms with Crippen LogP contribution in [0.5, 0.6) is 0 Å². The topological polar surface area (TPSA) is 65.0 Å². The van der Waals surface area contributed by atoms with Crippen molar-refractivity contribution in [3.63, 3.8) is 0 Å². The summed E-state index contributed by atoms with van der Waals surface area (Å²) in [5, 5.41) is 8.71. The summed E-state index contributed by atoms with van der Waals surface area (Å²) in [5.41, 5.74) is 8.16. The lowest BCUT2D eigenvalue weighted by Crippen LogP contribution is -2.00. The standard InChI is InChI=1S/C47H27N3O2/c1-2-10-28(11-3-1)30-24-25-33-31(26-30)22-20-29-21-23-32(27-39(29)33)45-48-46(37-15-9-19-42-43(37)36-13-5-7-18-41(36)51-42)50-47(49-45)38-16-8-14-35-34-12-4-6-17-40(34)52-44(35)38/h1-27H. The molecule has 0 radical (unpaired) electrons. The van der Waals surface area contributed by atoms with Gasteiger partial charge in [0.25, 0.3) is 0 Å². The highest BCUT2D eigenvalue weighted by atomic mass is 16.3. The second-order valence-electron chi connectivity index (χ2n) is 13.2. The molecule has 0 spiro atoms. The average Bonchev–Trinajstić information content (AvgIpc) is 3.79. The van der Waals surface area contributed by atoms with Crippen molar-refractivity contribution < 1.29 is 8.83 Å². The molecule has 0 saturated heterocycles. The van der Waals surface area contributed by atoms with Gasteiger partial charge in [-0.25, -0.2) is 15.0 Å². The lowest BCUT2D eigenvalue weighted by Gasteiger charge is -2.11. The predicted octanol–water partition coefficient (Wildman–Crippen LogP) is 12.6. The molecule has 8 aromatic carbocycles. The quantitative estimate of drug-likeness (QED) is 0.175. The van der Waals surface area contributed by atoms with E-state index in [9.17, 15) is 0 Å². The number of hydrogen-bond acceptors (Lipinski definition) is 5. The smallest absolute Gasteiger partial charge is 0.167 e. The monoisotopic (exact) mass is 665 g/mol. The van der Waals surface area contributed by atoms with Gasteiger partial charge in [0.15, 0.2) is 17.5 Å². The van der Waals surface area contributed by atoms with E-state index in [-0.39, 0.29) is 0 Å². The van der Waals surface area contributed by atoms with E-state index in [2.05, 4.69) is 97.1 Å². The van der Waals surface area contributed by atoms with Gasteiger partial charge in [-0.05, 0) is 69.1 Å². The lowest BCUT2D eigenvalue weighted by atomic mass is 9.96. The van der Waals surface area contributed by atoms with Crippen molar-refractivity contribution in [3.05, 3.63) is 164 Å². The van der Waals surface area contributed by atoms with Crippen LogP contribution in [0.25, 0.3) is 111 Å². The largest absolute Gasteiger partial charge is 0.456 e. The van der Waals surface area contributed by atoms with E-state index in [4.69, 9.17) is 23.8 Å². The first-order chi connectivity index (χ1) is 25.7. The highest BCUT2D eigenvalue weighted by Gasteiger charge is 2.20. The van der Waals surface area contributed by atoms with Gasteiger partial charge in [-0.2, -0.15) is 0 Å². The van der Waals surface area contributed by atoms with Crippen LogP contribution in [0.3, 0.4) is 0 Å². The maximum atomic E-state index is 6.48. The lowest BCUT2D eigenvalue weighted by molar-refractivity contribution is 0.668. The molecule has 0 bridgehead atoms. The molecule has 0 aliphatic heterocycles. The molecule has 0 unspecified atom stereocenters. The fourth-order valence-corrected chi connectivity index (χ4v) is 7.64. The molecular weight excluding hydrogens is 639 g/mol. The van der Waals surface area contributed by atoms with Crippen LogP contribution in [0.1, 0.15) is 0 Å². The summed E-state index contributed by atoms with van der Waals surface area (Å²) >= 11 is 0. The number of hydrogen-bond donors (Lipinski definition) is 0. The van der Waals surface area contributed by atoms with Crippen LogP contribution in [0, 0.1) is 0 Å². The molecule has 0 N–H and O–H groups in total. The van der Waals surface area contributed by atoms with Crippen molar-refractivity contribution in [2.45, 2.75) is 0 Å². The van der Waals surface area contributed by atoms with E-state index in [1.54, 1.807) is 0 Å². The first kappa shape index (κ1) is 28.7. The summed E-state index contributed by atoms with van der Waals surface area (Å²) in [4.78, 5) is 15.6. The second kappa shape index (κ2) is 11.2. The van der Waals surface area contributed by atoms with E-state index >= 15 is 0 Å². The molecule has 3 aromatic heterocycles. The van der Waals surface area contributed by atoms with Crippen LogP contribution in [0.4, 0.5) is 0 Å². The Labute approximate surface area is 297 Å². The molecule has 11 rings (SSSR count). The maximum Gasteiger partial charge on any atom is 0.167 e. The third-order valence-corrected chi connectivity index (χ3v) is 10.1. The Balaban J connectivity index is 1.16. The predicted molar refractivity (Wildman–Crippen MR) is 211 cm³/mol. The van der Waals surface area contributed by atoms with E-state index in [1.807, 2.05) is 66.7 Å². The number of benzene rings is 8. The molecule has 5 heteroatoms. The number of furan rings is 2. The normalized spacial score (nSPS) is 11.8. The van der Waals surface area contributed by atoms with Crippen molar-refractivity contribution in [2.24, 2.45) is 0 Å². The Kier molecular flexibility index (Phi) is 6.18. The summed E-state index contributed by atoms with van der Waals surface area (Å²) < 4.78 is 12.8. The Morgan fingerprint density at radius 3 is 1.85 bits per heavy atom. The Morgan fingerprint density at radius 2 is 0.962 bits per heavy atom. The Morgan fingerprint density at radius 1 is 0.327 bits per heavy atom. The minimum Gasteiger partial charge on any atom is -0.456 e. The van der Waals surface area contributed by atoms with Crippen LogP contribution in [0.2, 0.25) is 0 Å². The molecule has 0 saturated carbocycles. The van der Waals surface area contributed by atoms with Crippen LogP contribution < -0.4 is 0 Å². The fourth-order valence-electron chi connectivity index (χ4n) is 7.64. The van der Waals surface area contributed by atoms with Gasteiger partial charge < -0.3 is 8.83 Å². The fraction of sp³-hybridized carbons (Fsp3) is 0. The van der Waals surface area contributed by atoms with Crippen molar-refractivity contribution >= 4 is 65.4 Å². The van der Waals surface area contributed by atoms with Crippen LogP contribution in [-0.4, -0.2) is 15.0 Å². The Hall–Kier alpha value is -7.11. The third kappa shape index (κ3) is 4.46. The summed E-state index contributed by atoms with van der Waals surface area (Å²) in [5.74, 6) is 1.69. The minimum atomic E-state index is 0.542. The van der Waals surface area contributed by atoms with Crippen LogP contribution >= 0.6 is 0 Å². The molecule has 11 aromatic rings. The molecule has 5 nitrogen and oxygen atoms in total. The van der Waals surface area contributed by atoms with Crippen LogP contribution in [0.15, 0.2) is 173 Å². The molecule has 242 valence electrons. The zero-order valence-electron chi connectivity index (χ0n) is 27.7. The van der Waals surface area contributed by atoms with Crippen molar-refractivity contribution in [2.75, 3.05) is 0 Å². The van der Waals surface area contributed by atoms with Crippen molar-refractivity contribution in [1.29, 1.82) is 0 Å². The van der Waals surface area contributed by atoms with Gasteiger partial charge in [-0.1, -0.05) is 127 Å². The number of rotatable bonds is 4. The minimum absolute atomic E-state index is 0.542. The van der Waals surface area contributed by atoms with Gasteiger partial charge in [-0.15, -0.1) is 0 Å². The van der Waals surface area contributed by atoms with Gasteiger partial charge in [0.1, 0.15) is 22.3 Å². The summed E-state index contributed by atoms with van der Waals surface area (Å²) in [6.07, 6.45) is 0. The number of fused-ring (bicyclic) bond motifs is 9. The van der Waals surface area contributed by atoms with Crippen LogP contribution in [-0.2, 0) is 0 Å². The Bertz CT molecular complexity index is 3190. The van der Waals surface area contributed by atoms with Crippen molar-refractivity contribution in [1.82, 2.24) is 15.0 Å². The number of para-hydroxylation sites is 3. The highest BCUT2D eigenvalue weighted by Crippen LogP contribution is 2.39. The first-order valence-electron chi connectivity index (χ1n) is 17.3. The molecular formula is C47H27N3O2. The van der Waals surface area contributed by atoms with Gasteiger partial charge in [-0.3, -0.25) is 0 Å². The summed E-state index contributed by atoms with van der Waals surface area (Å²) in [6.45, 7) is 0. The van der Waals surface area contributed by atoms with E-state index in [0.717, 1.165) is 71.3 Å². The molecule has 0 aliphatic carbocycles. The molecule has 0 aliphatic rings. The highest BCUT2D eigenvalue weighted by molar-refractivity contribution is 6.13. The number of aromatic nitrogens is 3. The summed E-state index contributed by atoms with van der Waals surface area (Å²) in [7, 11) is 0. The molecule has 0 atom stereocenters. The van der Waals surface area contributed by atoms with Gasteiger partial charge in [0.05, 0.1) is 5.56 Å². The van der Waals surface area contributed by atoms with Crippen molar-refractivity contribution in [3.8, 4) is 45.3 Å². The van der Waals surface area contributed by atoms with Gasteiger partial charge in [0, 0.05) is 32.7 Å². The van der Waals surface area contributed by atoms with E-state index in [0.29, 0.717) is 17.5 Å². The molecule has 3 heterocycles. The molecule has 0 amide bonds. The SMILES string of the molecule is c1ccc(-c2ccc3c(ccc4ccc(-c5nc(-c6cccc7c6oc6ccccc67)nc(-c6cccc7oc8ccccc8c67)n5)cc43)c2)cc1. The molecule has 0 fully saturated rings. The number of nitrogens with zero attached hydrogens (tertiary/aromatic N) is 3. The summed E-state index contributed by atoms with van der Waals surface area (Å²) in [6, 6.07) is 56.5. The second-order valence-corrected chi connectivity index (χ2v) is 13.2. The zero-order valence-corrected chi connectivity index (χ0v) is 27.7. The van der Waals surface area contributed by atoms with Gasteiger partial charge in [0.2, 0.25) is 0 Å². The van der Waals surface area contributed by atoms with E-state index < -0.39 is 0 Å². The average molecular weight is 666 g/mol. The van der Waals surface area contributed by atoms with E-state index in [1.165, 1.54) is 21.9 Å². The maximum absolute atomic E-state index is 6.48. The first-order valence-corrected chi connectivity index (χ1v) is 17.3. The third-order valence-electron chi connectivity index (χ3n) is 10.1. The zero-order chi connectivity index (χ0) is 34.2. The van der Waals surface area contributed by atoms with Gasteiger partial charge >= 0.3 is 0 Å². The molecule has 52 heavy (non-hydrogen) atoms.